The maximum Gasteiger partial charge on any atom is 0.264 e. The van der Waals surface area contributed by atoms with Crippen molar-refractivity contribution in [3.05, 3.63) is 29.1 Å². The van der Waals surface area contributed by atoms with Gasteiger partial charge in [0.25, 0.3) is 15.0 Å². The molecule has 0 aliphatic rings. The Morgan fingerprint density at radius 2 is 1.95 bits per heavy atom. The summed E-state index contributed by atoms with van der Waals surface area (Å²) in [5.74, 6) is -0.847. The molecule has 0 radical (unpaired) electrons. The van der Waals surface area contributed by atoms with Gasteiger partial charge in [0.15, 0.2) is 0 Å². The van der Waals surface area contributed by atoms with Gasteiger partial charge in [-0.1, -0.05) is 13.8 Å². The molecule has 0 bridgehead atoms. The van der Waals surface area contributed by atoms with Gasteiger partial charge in [-0.15, -0.1) is 0 Å². The zero-order chi connectivity index (χ0) is 16.4. The van der Waals surface area contributed by atoms with E-state index >= 15 is 0 Å². The van der Waals surface area contributed by atoms with Crippen molar-refractivity contribution in [3.8, 4) is 0 Å². The number of aryl methyl sites for hydroxylation is 1. The largest absolute Gasteiger partial charge is 0.342 e. The molecule has 4 nitrogen and oxygen atoms in total. The number of hydrogen-bond donors (Lipinski definition) is 0. The molecule has 7 heteroatoms. The fourth-order valence-electron chi connectivity index (χ4n) is 1.81. The third-order valence-electron chi connectivity index (χ3n) is 3.12. The molecule has 0 atom stereocenters. The van der Waals surface area contributed by atoms with Crippen LogP contribution in [0.3, 0.4) is 0 Å². The first-order chi connectivity index (χ1) is 9.54. The Morgan fingerprint density at radius 3 is 2.43 bits per heavy atom. The van der Waals surface area contributed by atoms with Crippen LogP contribution >= 0.6 is 10.7 Å². The molecule has 0 aliphatic heterocycles. The van der Waals surface area contributed by atoms with E-state index < -0.39 is 19.8 Å². The van der Waals surface area contributed by atoms with Gasteiger partial charge in [-0.2, -0.15) is 0 Å². The van der Waals surface area contributed by atoms with E-state index in [1.54, 1.807) is 7.05 Å². The zero-order valence-corrected chi connectivity index (χ0v) is 14.1. The number of amides is 1. The average molecular weight is 336 g/mol. The molecule has 1 rings (SSSR count). The summed E-state index contributed by atoms with van der Waals surface area (Å²) in [4.78, 5) is 13.1. The van der Waals surface area contributed by atoms with Crippen molar-refractivity contribution in [2.45, 2.75) is 32.1 Å². The third kappa shape index (κ3) is 4.68. The summed E-state index contributed by atoms with van der Waals surface area (Å²) in [6.45, 7) is 6.01. The lowest BCUT2D eigenvalue weighted by Gasteiger charge is -2.19. The lowest BCUT2D eigenvalue weighted by molar-refractivity contribution is 0.0788. The molecule has 0 heterocycles. The van der Waals surface area contributed by atoms with Crippen molar-refractivity contribution in [3.63, 3.8) is 0 Å². The number of benzene rings is 1. The summed E-state index contributed by atoms with van der Waals surface area (Å²) in [5.41, 5.74) is 0.178. The van der Waals surface area contributed by atoms with Crippen molar-refractivity contribution in [2.24, 2.45) is 5.92 Å². The standard InChI is InChI=1S/C14H19ClFNO3S/c1-9(2)5-6-17(4)14(18)11-7-10(3)13(16)12(8-11)21(15,19)20/h7-9H,5-6H2,1-4H3. The van der Waals surface area contributed by atoms with Gasteiger partial charge in [0, 0.05) is 29.8 Å². The maximum atomic E-state index is 13.8. The van der Waals surface area contributed by atoms with Gasteiger partial charge < -0.3 is 4.90 Å². The van der Waals surface area contributed by atoms with Crippen LogP contribution in [-0.2, 0) is 9.05 Å². The Labute approximate surface area is 129 Å². The van der Waals surface area contributed by atoms with Gasteiger partial charge in [0.2, 0.25) is 0 Å². The number of carbonyl (C=O) groups excluding carboxylic acids is 1. The number of rotatable bonds is 5. The minimum atomic E-state index is -4.24. The number of carbonyl (C=O) groups is 1. The lowest BCUT2D eigenvalue weighted by atomic mass is 10.1. The van der Waals surface area contributed by atoms with Crippen LogP contribution in [0.1, 0.15) is 36.2 Å². The quantitative estimate of drug-likeness (QED) is 0.776. The molecule has 0 aliphatic carbocycles. The van der Waals surface area contributed by atoms with Crippen molar-refractivity contribution >= 4 is 25.6 Å². The summed E-state index contributed by atoms with van der Waals surface area (Å²) in [6, 6.07) is 2.31. The molecular weight excluding hydrogens is 317 g/mol. The second kappa shape index (κ2) is 6.75. The van der Waals surface area contributed by atoms with Crippen LogP contribution in [0.2, 0.25) is 0 Å². The van der Waals surface area contributed by atoms with Crippen LogP contribution in [0.25, 0.3) is 0 Å². The van der Waals surface area contributed by atoms with Crippen molar-refractivity contribution in [1.29, 1.82) is 0 Å². The summed E-state index contributed by atoms with van der Waals surface area (Å²) in [7, 11) is 2.59. The van der Waals surface area contributed by atoms with E-state index in [2.05, 4.69) is 0 Å². The van der Waals surface area contributed by atoms with Gasteiger partial charge in [-0.05, 0) is 37.0 Å². The molecule has 0 aromatic heterocycles. The van der Waals surface area contributed by atoms with Gasteiger partial charge in [-0.3, -0.25) is 4.79 Å². The number of halogens is 2. The molecule has 1 amide bonds. The minimum Gasteiger partial charge on any atom is -0.342 e. The molecule has 21 heavy (non-hydrogen) atoms. The fraction of sp³-hybridized carbons (Fsp3) is 0.500. The first-order valence-corrected chi connectivity index (χ1v) is 8.85. The van der Waals surface area contributed by atoms with E-state index in [-0.39, 0.29) is 17.0 Å². The SMILES string of the molecule is Cc1cc(C(=O)N(C)CCC(C)C)cc(S(=O)(=O)Cl)c1F. The Hall–Kier alpha value is -1.14. The van der Waals surface area contributed by atoms with Crippen LogP contribution < -0.4 is 0 Å². The molecule has 0 saturated heterocycles. The molecular formula is C14H19ClFNO3S. The summed E-state index contributed by atoms with van der Waals surface area (Å²) >= 11 is 0. The van der Waals surface area contributed by atoms with Gasteiger partial charge in [0.1, 0.15) is 10.7 Å². The Kier molecular flexibility index (Phi) is 5.75. The highest BCUT2D eigenvalue weighted by molar-refractivity contribution is 8.13. The second-order valence-electron chi connectivity index (χ2n) is 5.45. The third-order valence-corrected chi connectivity index (χ3v) is 4.44. The molecule has 118 valence electrons. The molecule has 1 aromatic rings. The normalized spacial score (nSPS) is 11.8. The van der Waals surface area contributed by atoms with E-state index in [0.717, 1.165) is 12.5 Å². The highest BCUT2D eigenvalue weighted by Gasteiger charge is 2.22. The van der Waals surface area contributed by atoms with Crippen molar-refractivity contribution in [1.82, 2.24) is 4.90 Å². The first-order valence-electron chi connectivity index (χ1n) is 6.54. The van der Waals surface area contributed by atoms with Crippen LogP contribution in [0.5, 0.6) is 0 Å². The van der Waals surface area contributed by atoms with E-state index in [1.807, 2.05) is 13.8 Å². The van der Waals surface area contributed by atoms with E-state index in [4.69, 9.17) is 10.7 Å². The lowest BCUT2D eigenvalue weighted by Crippen LogP contribution is -2.28. The first kappa shape index (κ1) is 17.9. The van der Waals surface area contributed by atoms with E-state index in [9.17, 15) is 17.6 Å². The van der Waals surface area contributed by atoms with Crippen LogP contribution in [0.4, 0.5) is 4.39 Å². The summed E-state index contributed by atoms with van der Waals surface area (Å²) < 4.78 is 36.5. The van der Waals surface area contributed by atoms with Crippen LogP contribution in [0.15, 0.2) is 17.0 Å². The van der Waals surface area contributed by atoms with Crippen LogP contribution in [0, 0.1) is 18.7 Å². The second-order valence-corrected chi connectivity index (χ2v) is 7.99. The number of hydrogen-bond acceptors (Lipinski definition) is 3. The Bertz CT molecular complexity index is 644. The summed E-state index contributed by atoms with van der Waals surface area (Å²) in [6.07, 6.45) is 0.822. The van der Waals surface area contributed by atoms with Gasteiger partial charge in [-0.25, -0.2) is 12.8 Å². The smallest absolute Gasteiger partial charge is 0.264 e. The van der Waals surface area contributed by atoms with E-state index in [0.29, 0.717) is 12.5 Å². The average Bonchev–Trinajstić information content (AvgIpc) is 2.36. The van der Waals surface area contributed by atoms with E-state index in [1.165, 1.54) is 17.9 Å². The maximum absolute atomic E-state index is 13.8. The summed E-state index contributed by atoms with van der Waals surface area (Å²) in [5, 5.41) is 0. The highest BCUT2D eigenvalue weighted by Crippen LogP contribution is 2.24. The zero-order valence-electron chi connectivity index (χ0n) is 12.5. The topological polar surface area (TPSA) is 54.5 Å². The van der Waals surface area contributed by atoms with Gasteiger partial charge in [0.05, 0.1) is 0 Å². The monoisotopic (exact) mass is 335 g/mol. The molecule has 0 saturated carbocycles. The Balaban J connectivity index is 3.14. The molecule has 0 fully saturated rings. The van der Waals surface area contributed by atoms with Crippen LogP contribution in [-0.4, -0.2) is 32.8 Å². The fourth-order valence-corrected chi connectivity index (χ4v) is 2.79. The van der Waals surface area contributed by atoms with Gasteiger partial charge >= 0.3 is 0 Å². The number of nitrogens with zero attached hydrogens (tertiary/aromatic N) is 1. The predicted molar refractivity (Wildman–Crippen MR) is 80.6 cm³/mol. The predicted octanol–water partition coefficient (Wildman–Crippen LogP) is 3.18. The molecule has 0 unspecified atom stereocenters. The molecule has 1 aromatic carbocycles. The molecule has 0 spiro atoms. The minimum absolute atomic E-state index is 0.0670. The highest BCUT2D eigenvalue weighted by atomic mass is 35.7. The van der Waals surface area contributed by atoms with Crippen molar-refractivity contribution in [2.75, 3.05) is 13.6 Å². The van der Waals surface area contributed by atoms with Crippen molar-refractivity contribution < 1.29 is 17.6 Å². The Morgan fingerprint density at radius 1 is 1.38 bits per heavy atom. The molecule has 0 N–H and O–H groups in total.